The average Bonchev–Trinajstić information content (AvgIpc) is 2.78. The minimum atomic E-state index is -3.47. The lowest BCUT2D eigenvalue weighted by Crippen LogP contribution is -2.39. The van der Waals surface area contributed by atoms with E-state index < -0.39 is 14.8 Å². The summed E-state index contributed by atoms with van der Waals surface area (Å²) in [6, 6.07) is 15.4. The Kier molecular flexibility index (Phi) is 8.11. The van der Waals surface area contributed by atoms with Crippen LogP contribution in [0, 0.1) is 0 Å². The van der Waals surface area contributed by atoms with E-state index in [1.807, 2.05) is 43.3 Å². The number of sulfonamides is 1. The minimum absolute atomic E-state index is 0.440. The van der Waals surface area contributed by atoms with Crippen LogP contribution in [-0.2, 0) is 25.9 Å². The topological polar surface area (TPSA) is 67.9 Å². The summed E-state index contributed by atoms with van der Waals surface area (Å²) < 4.78 is 38.2. The molecule has 1 aliphatic rings. The second-order valence-corrected chi connectivity index (χ2v) is 10.7. The Morgan fingerprint density at radius 2 is 1.58 bits per heavy atom. The highest BCUT2D eigenvalue weighted by molar-refractivity contribution is 7.90. The van der Waals surface area contributed by atoms with Gasteiger partial charge in [-0.25, -0.2) is 13.1 Å². The number of hydrogen-bond acceptors (Lipinski definition) is 5. The van der Waals surface area contributed by atoms with Gasteiger partial charge in [-0.05, 0) is 62.1 Å². The van der Waals surface area contributed by atoms with Gasteiger partial charge in [-0.3, -0.25) is 4.90 Å². The molecule has 0 aromatic heterocycles. The molecule has 0 atom stereocenters. The largest absolute Gasteiger partial charge is 0.457 e. The van der Waals surface area contributed by atoms with Gasteiger partial charge in [0.2, 0.25) is 10.0 Å². The van der Waals surface area contributed by atoms with Gasteiger partial charge in [0, 0.05) is 26.2 Å². The third kappa shape index (κ3) is 6.29. The molecule has 1 heterocycles. The maximum absolute atomic E-state index is 12.6. The zero-order chi connectivity index (χ0) is 22.3. The predicted octanol–water partition coefficient (Wildman–Crippen LogP) is 3.92. The smallest absolute Gasteiger partial charge is 0.221 e. The number of benzene rings is 2. The normalized spacial score (nSPS) is 15.7. The van der Waals surface area contributed by atoms with E-state index in [4.69, 9.17) is 9.47 Å². The molecule has 0 radical (unpaired) electrons. The Morgan fingerprint density at radius 1 is 1.00 bits per heavy atom. The molecular formula is C24H34N2O4S. The Labute approximate surface area is 186 Å². The van der Waals surface area contributed by atoms with Gasteiger partial charge in [0.1, 0.15) is 16.2 Å². The van der Waals surface area contributed by atoms with E-state index in [1.54, 1.807) is 13.8 Å². The molecule has 2 aromatic carbocycles. The van der Waals surface area contributed by atoms with Crippen molar-refractivity contribution in [1.29, 1.82) is 0 Å². The number of nitrogens with zero attached hydrogens (tertiary/aromatic N) is 1. The van der Waals surface area contributed by atoms with Gasteiger partial charge in [0.15, 0.2) is 0 Å². The van der Waals surface area contributed by atoms with Crippen molar-refractivity contribution in [2.45, 2.75) is 38.4 Å². The third-order valence-electron chi connectivity index (χ3n) is 5.74. The molecule has 0 unspecified atom stereocenters. The first kappa shape index (κ1) is 23.7. The van der Waals surface area contributed by atoms with Crippen molar-refractivity contribution >= 4 is 10.0 Å². The maximum atomic E-state index is 12.6. The number of hydrogen-bond donors (Lipinski definition) is 1. The molecule has 31 heavy (non-hydrogen) atoms. The van der Waals surface area contributed by atoms with Crippen molar-refractivity contribution in [3.8, 4) is 11.5 Å². The van der Waals surface area contributed by atoms with Crippen LogP contribution in [0.15, 0.2) is 48.5 Å². The summed E-state index contributed by atoms with van der Waals surface area (Å²) >= 11 is 0. The quantitative estimate of drug-likeness (QED) is 0.599. The number of nitrogens with one attached hydrogen (secondary N) is 1. The van der Waals surface area contributed by atoms with E-state index in [-0.39, 0.29) is 0 Å². The van der Waals surface area contributed by atoms with Crippen molar-refractivity contribution < 1.29 is 17.9 Å². The van der Waals surface area contributed by atoms with Crippen LogP contribution in [0.25, 0.3) is 0 Å². The van der Waals surface area contributed by atoms with Gasteiger partial charge in [-0.2, -0.15) is 0 Å². The summed E-state index contributed by atoms with van der Waals surface area (Å²) in [5.41, 5.74) is 2.00. The highest BCUT2D eigenvalue weighted by atomic mass is 32.2. The molecule has 3 rings (SSSR count). The molecular weight excluding hydrogens is 412 g/mol. The third-order valence-corrected chi connectivity index (χ3v) is 7.91. The molecule has 1 N–H and O–H groups in total. The van der Waals surface area contributed by atoms with Gasteiger partial charge in [-0.1, -0.05) is 31.2 Å². The summed E-state index contributed by atoms with van der Waals surface area (Å²) in [6.07, 6.45) is 1.76. The van der Waals surface area contributed by atoms with Crippen molar-refractivity contribution in [2.24, 2.45) is 0 Å². The standard InChI is InChI=1S/C24H34N2O4S/c1-4-14-25-31(27,28)24(2,3)21-7-11-23(12-8-21)30-22-9-5-20(6-10-22)13-15-26-16-18-29-19-17-26/h5-12,25H,4,13-19H2,1-3H3. The van der Waals surface area contributed by atoms with Crippen LogP contribution in [0.4, 0.5) is 0 Å². The highest BCUT2D eigenvalue weighted by Gasteiger charge is 2.35. The minimum Gasteiger partial charge on any atom is -0.457 e. The molecule has 0 saturated carbocycles. The van der Waals surface area contributed by atoms with Crippen LogP contribution < -0.4 is 9.46 Å². The molecule has 6 nitrogen and oxygen atoms in total. The summed E-state index contributed by atoms with van der Waals surface area (Å²) in [5.74, 6) is 1.44. The van der Waals surface area contributed by atoms with Gasteiger partial charge >= 0.3 is 0 Å². The van der Waals surface area contributed by atoms with Crippen LogP contribution >= 0.6 is 0 Å². The molecule has 0 bridgehead atoms. The number of ether oxygens (including phenoxy) is 2. The molecule has 0 aliphatic carbocycles. The fraction of sp³-hybridized carbons (Fsp3) is 0.500. The van der Waals surface area contributed by atoms with Gasteiger partial charge < -0.3 is 9.47 Å². The average molecular weight is 447 g/mol. The summed E-state index contributed by atoms with van der Waals surface area (Å²) in [7, 11) is -3.47. The summed E-state index contributed by atoms with van der Waals surface area (Å²) in [6.45, 7) is 10.5. The monoisotopic (exact) mass is 446 g/mol. The van der Waals surface area contributed by atoms with Crippen LogP contribution in [0.3, 0.4) is 0 Å². The molecule has 1 aliphatic heterocycles. The lowest BCUT2D eigenvalue weighted by Gasteiger charge is -2.26. The lowest BCUT2D eigenvalue weighted by atomic mass is 10.0. The highest BCUT2D eigenvalue weighted by Crippen LogP contribution is 2.31. The number of morpholine rings is 1. The first-order valence-corrected chi connectivity index (χ1v) is 12.5. The van der Waals surface area contributed by atoms with Crippen LogP contribution in [0.1, 0.15) is 38.3 Å². The molecule has 1 saturated heterocycles. The predicted molar refractivity (Wildman–Crippen MR) is 124 cm³/mol. The van der Waals surface area contributed by atoms with E-state index in [2.05, 4.69) is 21.8 Å². The lowest BCUT2D eigenvalue weighted by molar-refractivity contribution is 0.0384. The molecule has 170 valence electrons. The Hall–Kier alpha value is -1.93. The van der Waals surface area contributed by atoms with E-state index >= 15 is 0 Å². The first-order chi connectivity index (χ1) is 14.8. The van der Waals surface area contributed by atoms with Crippen molar-refractivity contribution in [3.63, 3.8) is 0 Å². The molecule has 2 aromatic rings. The Balaban J connectivity index is 1.58. The van der Waals surface area contributed by atoms with Crippen molar-refractivity contribution in [1.82, 2.24) is 9.62 Å². The summed E-state index contributed by atoms with van der Waals surface area (Å²) in [5, 5.41) is 0. The Morgan fingerprint density at radius 3 is 2.16 bits per heavy atom. The van der Waals surface area contributed by atoms with Gasteiger partial charge in [0.25, 0.3) is 0 Å². The first-order valence-electron chi connectivity index (χ1n) is 11.0. The van der Waals surface area contributed by atoms with Gasteiger partial charge in [0.05, 0.1) is 13.2 Å². The van der Waals surface area contributed by atoms with Crippen LogP contribution in [0.2, 0.25) is 0 Å². The fourth-order valence-corrected chi connectivity index (χ4v) is 4.75. The Bertz CT molecular complexity index is 919. The van der Waals surface area contributed by atoms with Crippen LogP contribution in [-0.4, -0.2) is 52.7 Å². The van der Waals surface area contributed by atoms with E-state index in [0.717, 1.165) is 57.0 Å². The maximum Gasteiger partial charge on any atom is 0.221 e. The van der Waals surface area contributed by atoms with Crippen LogP contribution in [0.5, 0.6) is 11.5 Å². The number of rotatable bonds is 10. The van der Waals surface area contributed by atoms with Crippen molar-refractivity contribution in [2.75, 3.05) is 39.4 Å². The zero-order valence-corrected chi connectivity index (χ0v) is 19.6. The second-order valence-electron chi connectivity index (χ2n) is 8.38. The van der Waals surface area contributed by atoms with Gasteiger partial charge in [-0.15, -0.1) is 0 Å². The molecule has 7 heteroatoms. The van der Waals surface area contributed by atoms with Crippen molar-refractivity contribution in [3.05, 3.63) is 59.7 Å². The molecule has 0 spiro atoms. The van der Waals surface area contributed by atoms with E-state index in [9.17, 15) is 8.42 Å². The summed E-state index contributed by atoms with van der Waals surface area (Å²) in [4.78, 5) is 2.43. The molecule has 0 amide bonds. The fourth-order valence-electron chi connectivity index (χ4n) is 3.47. The van der Waals surface area contributed by atoms with E-state index in [1.165, 1.54) is 5.56 Å². The SMILES string of the molecule is CCCNS(=O)(=O)C(C)(C)c1ccc(Oc2ccc(CCN3CCOCC3)cc2)cc1. The van der Waals surface area contributed by atoms with E-state index in [0.29, 0.717) is 12.3 Å². The second kappa shape index (κ2) is 10.6. The molecule has 1 fully saturated rings. The zero-order valence-electron chi connectivity index (χ0n) is 18.8.